The summed E-state index contributed by atoms with van der Waals surface area (Å²) >= 11 is 0. The van der Waals surface area contributed by atoms with Gasteiger partial charge in [0.15, 0.2) is 0 Å². The molecule has 0 saturated heterocycles. The number of nitrogens with zero attached hydrogens (tertiary/aromatic N) is 1. The van der Waals surface area contributed by atoms with E-state index >= 15 is 0 Å². The first kappa shape index (κ1) is 17.4. The van der Waals surface area contributed by atoms with Crippen LogP contribution < -0.4 is 11.1 Å². The van der Waals surface area contributed by atoms with Crippen LogP contribution in [0.25, 0.3) is 0 Å². The van der Waals surface area contributed by atoms with Crippen LogP contribution in [0.2, 0.25) is 0 Å². The van der Waals surface area contributed by atoms with Gasteiger partial charge in [0.2, 0.25) is 5.91 Å². The molecule has 0 aromatic heterocycles. The Morgan fingerprint density at radius 2 is 2.05 bits per heavy atom. The zero-order valence-electron chi connectivity index (χ0n) is 13.9. The number of hydrogen-bond acceptors (Lipinski definition) is 3. The zero-order chi connectivity index (χ0) is 15.3. The number of primary amides is 1. The van der Waals surface area contributed by atoms with Crippen LogP contribution >= 0.6 is 0 Å². The fourth-order valence-electron chi connectivity index (χ4n) is 2.91. The number of amides is 1. The van der Waals surface area contributed by atoms with Crippen molar-refractivity contribution in [3.05, 3.63) is 0 Å². The minimum atomic E-state index is -0.572. The van der Waals surface area contributed by atoms with Crippen molar-refractivity contribution in [1.82, 2.24) is 10.2 Å². The molecule has 4 heteroatoms. The Kier molecular flexibility index (Phi) is 6.46. The number of nitrogens with two attached hydrogens (primary N) is 1. The predicted octanol–water partition coefficient (Wildman–Crippen LogP) is 1.99. The summed E-state index contributed by atoms with van der Waals surface area (Å²) in [4.78, 5) is 14.0. The largest absolute Gasteiger partial charge is 0.368 e. The van der Waals surface area contributed by atoms with Crippen LogP contribution in [0.5, 0.6) is 0 Å². The highest BCUT2D eigenvalue weighted by atomic mass is 16.1. The molecule has 1 amide bonds. The second kappa shape index (κ2) is 7.41. The van der Waals surface area contributed by atoms with E-state index < -0.39 is 5.54 Å². The number of hydrogen-bond donors (Lipinski definition) is 2. The van der Waals surface area contributed by atoms with Crippen molar-refractivity contribution in [2.75, 3.05) is 20.1 Å². The van der Waals surface area contributed by atoms with E-state index in [1.165, 1.54) is 13.0 Å². The molecule has 0 radical (unpaired) electrons. The van der Waals surface area contributed by atoms with Gasteiger partial charge in [-0.1, -0.05) is 6.92 Å². The Labute approximate surface area is 124 Å². The van der Waals surface area contributed by atoms with Crippen molar-refractivity contribution in [1.29, 1.82) is 0 Å². The van der Waals surface area contributed by atoms with Gasteiger partial charge in [0.1, 0.15) is 0 Å². The molecule has 1 rings (SSSR count). The first-order valence-electron chi connectivity index (χ1n) is 8.00. The molecule has 0 aliphatic heterocycles. The van der Waals surface area contributed by atoms with E-state index in [0.717, 1.165) is 37.6 Å². The molecule has 1 saturated carbocycles. The van der Waals surface area contributed by atoms with Gasteiger partial charge in [-0.2, -0.15) is 0 Å². The van der Waals surface area contributed by atoms with Crippen LogP contribution in [0.1, 0.15) is 53.4 Å². The topological polar surface area (TPSA) is 58.4 Å². The first-order chi connectivity index (χ1) is 9.24. The molecule has 4 nitrogen and oxygen atoms in total. The summed E-state index contributed by atoms with van der Waals surface area (Å²) in [6, 6.07) is 0.270. The highest BCUT2D eigenvalue weighted by molar-refractivity contribution is 5.84. The number of carbonyl (C=O) groups excluding carboxylic acids is 1. The van der Waals surface area contributed by atoms with Crippen molar-refractivity contribution in [3.63, 3.8) is 0 Å². The van der Waals surface area contributed by atoms with Gasteiger partial charge >= 0.3 is 0 Å². The minimum Gasteiger partial charge on any atom is -0.368 e. The number of unbranched alkanes of at least 4 members (excludes halogenated alkanes) is 1. The zero-order valence-corrected chi connectivity index (χ0v) is 13.9. The number of carbonyl (C=O) groups is 1. The maximum atomic E-state index is 11.6. The fourth-order valence-corrected chi connectivity index (χ4v) is 2.91. The maximum Gasteiger partial charge on any atom is 0.237 e. The smallest absolute Gasteiger partial charge is 0.237 e. The highest BCUT2D eigenvalue weighted by Gasteiger charge is 2.33. The molecular weight excluding hydrogens is 250 g/mol. The molecule has 0 spiro atoms. The molecule has 118 valence electrons. The molecule has 3 atom stereocenters. The van der Waals surface area contributed by atoms with Crippen molar-refractivity contribution < 1.29 is 4.79 Å². The minimum absolute atomic E-state index is 0.244. The van der Waals surface area contributed by atoms with Crippen LogP contribution in [0.4, 0.5) is 0 Å². The van der Waals surface area contributed by atoms with E-state index in [9.17, 15) is 4.79 Å². The third kappa shape index (κ3) is 5.80. The average Bonchev–Trinajstić information content (AvgIpc) is 2.99. The Morgan fingerprint density at radius 3 is 2.50 bits per heavy atom. The molecule has 0 heterocycles. The van der Waals surface area contributed by atoms with Gasteiger partial charge in [0.25, 0.3) is 0 Å². The number of rotatable bonds is 10. The van der Waals surface area contributed by atoms with E-state index in [0.29, 0.717) is 0 Å². The van der Waals surface area contributed by atoms with Gasteiger partial charge in [-0.3, -0.25) is 4.79 Å². The Bertz CT molecular complexity index is 319. The van der Waals surface area contributed by atoms with E-state index in [-0.39, 0.29) is 11.9 Å². The van der Waals surface area contributed by atoms with E-state index in [2.05, 4.69) is 24.2 Å². The van der Waals surface area contributed by atoms with E-state index in [1.807, 2.05) is 20.8 Å². The molecule has 1 fully saturated rings. The predicted molar refractivity (Wildman–Crippen MR) is 84.5 cm³/mol. The summed E-state index contributed by atoms with van der Waals surface area (Å²) in [7, 11) is 2.20. The lowest BCUT2D eigenvalue weighted by Crippen LogP contribution is -2.55. The Morgan fingerprint density at radius 1 is 1.45 bits per heavy atom. The molecule has 3 unspecified atom stereocenters. The Hall–Kier alpha value is -0.610. The molecule has 0 aromatic carbocycles. The van der Waals surface area contributed by atoms with Gasteiger partial charge in [0.05, 0.1) is 5.54 Å². The van der Waals surface area contributed by atoms with Crippen molar-refractivity contribution in [2.24, 2.45) is 17.6 Å². The second-order valence-corrected chi connectivity index (χ2v) is 7.19. The summed E-state index contributed by atoms with van der Waals surface area (Å²) in [6.45, 7) is 10.7. The fraction of sp³-hybridized carbons (Fsp3) is 0.938. The summed E-state index contributed by atoms with van der Waals surface area (Å²) in [5.74, 6) is 1.59. The summed E-state index contributed by atoms with van der Waals surface area (Å²) in [6.07, 6.45) is 4.36. The third-order valence-corrected chi connectivity index (χ3v) is 4.44. The van der Waals surface area contributed by atoms with Crippen molar-refractivity contribution in [3.8, 4) is 0 Å². The summed E-state index contributed by atoms with van der Waals surface area (Å²) in [5.41, 5.74) is 4.97. The van der Waals surface area contributed by atoms with Crippen LogP contribution in [0.15, 0.2) is 0 Å². The highest BCUT2D eigenvalue weighted by Crippen LogP contribution is 2.37. The molecule has 1 aliphatic rings. The van der Waals surface area contributed by atoms with Crippen LogP contribution in [-0.4, -0.2) is 42.5 Å². The molecule has 3 N–H and O–H groups in total. The summed E-state index contributed by atoms with van der Waals surface area (Å²) < 4.78 is 0. The van der Waals surface area contributed by atoms with Gasteiger partial charge < -0.3 is 16.0 Å². The molecule has 0 aromatic rings. The van der Waals surface area contributed by atoms with Gasteiger partial charge in [-0.15, -0.1) is 0 Å². The van der Waals surface area contributed by atoms with E-state index in [4.69, 9.17) is 5.73 Å². The maximum absolute atomic E-state index is 11.6. The summed E-state index contributed by atoms with van der Waals surface area (Å²) in [5, 5.41) is 3.30. The second-order valence-electron chi connectivity index (χ2n) is 7.19. The lowest BCUT2D eigenvalue weighted by Gasteiger charge is -2.30. The molecule has 20 heavy (non-hydrogen) atoms. The molecule has 0 bridgehead atoms. The Balaban J connectivity index is 2.21. The normalized spacial score (nSPS) is 24.9. The number of nitrogens with one attached hydrogen (secondary N) is 1. The van der Waals surface area contributed by atoms with Gasteiger partial charge in [0, 0.05) is 12.6 Å². The standard InChI is InChI=1S/C16H33N3O/c1-12(2)18-16(4,15(17)20)8-6-7-9-19(5)11-14-10-13(14)3/h12-14,18H,6-11H2,1-5H3,(H2,17,20). The van der Waals surface area contributed by atoms with Crippen molar-refractivity contribution >= 4 is 5.91 Å². The first-order valence-corrected chi connectivity index (χ1v) is 8.00. The van der Waals surface area contributed by atoms with Gasteiger partial charge in [-0.05, 0) is 71.9 Å². The SMILES string of the molecule is CC(C)NC(C)(CCCCN(C)CC1CC1C)C(N)=O. The lowest BCUT2D eigenvalue weighted by molar-refractivity contribution is -0.124. The quantitative estimate of drug-likeness (QED) is 0.603. The van der Waals surface area contributed by atoms with Crippen LogP contribution in [0.3, 0.4) is 0 Å². The lowest BCUT2D eigenvalue weighted by atomic mass is 9.93. The molecule has 1 aliphatic carbocycles. The van der Waals surface area contributed by atoms with Crippen LogP contribution in [-0.2, 0) is 4.79 Å². The molecular formula is C16H33N3O. The van der Waals surface area contributed by atoms with Crippen molar-refractivity contribution in [2.45, 2.75) is 65.0 Å². The monoisotopic (exact) mass is 283 g/mol. The van der Waals surface area contributed by atoms with Gasteiger partial charge in [-0.25, -0.2) is 0 Å². The van der Waals surface area contributed by atoms with E-state index in [1.54, 1.807) is 0 Å². The average molecular weight is 283 g/mol. The third-order valence-electron chi connectivity index (χ3n) is 4.44. The van der Waals surface area contributed by atoms with Crippen LogP contribution in [0, 0.1) is 11.8 Å².